The van der Waals surface area contributed by atoms with E-state index >= 15 is 0 Å². The summed E-state index contributed by atoms with van der Waals surface area (Å²) in [5, 5.41) is 2.41. The lowest BCUT2D eigenvalue weighted by atomic mass is 9.86. The highest BCUT2D eigenvalue weighted by atomic mass is 16.5. The molecule has 2 atom stereocenters. The maximum absolute atomic E-state index is 6.73. The fraction of sp³-hybridized carbons (Fsp3) is 0.0408. The van der Waals surface area contributed by atoms with Crippen LogP contribution < -0.4 is 4.74 Å². The average molecular weight is 680 g/mol. The molecule has 53 heavy (non-hydrogen) atoms. The smallest absolute Gasteiger partial charge is 0.164 e. The number of hydrogen-bond donors (Lipinski definition) is 0. The van der Waals surface area contributed by atoms with E-state index in [1.807, 2.05) is 24.3 Å². The van der Waals surface area contributed by atoms with Gasteiger partial charge in [-0.3, -0.25) is 0 Å². The molecule has 2 unspecified atom stereocenters. The van der Waals surface area contributed by atoms with Gasteiger partial charge in [-0.05, 0) is 68.9 Å². The zero-order valence-electron chi connectivity index (χ0n) is 28.8. The van der Waals surface area contributed by atoms with Crippen molar-refractivity contribution in [1.82, 2.24) is 15.0 Å². The molecule has 10 rings (SSSR count). The van der Waals surface area contributed by atoms with Crippen LogP contribution in [0.15, 0.2) is 188 Å². The Morgan fingerprint density at radius 3 is 1.70 bits per heavy atom. The van der Waals surface area contributed by atoms with Crippen molar-refractivity contribution in [3.05, 3.63) is 194 Å². The molecule has 4 heteroatoms. The SMILES string of the molecule is C1=CC2Oc3c(-c4ccccc4)ccc(-c4nc(-c5ccccc5)nc(-c5ccc(-c6ccccc6)c(-c6ccc7ccccc7c6)c5)n4)c3C2C=C1. The van der Waals surface area contributed by atoms with E-state index in [0.29, 0.717) is 17.5 Å². The number of rotatable bonds is 6. The number of fused-ring (bicyclic) bond motifs is 4. The van der Waals surface area contributed by atoms with Crippen molar-refractivity contribution in [2.24, 2.45) is 0 Å². The third-order valence-electron chi connectivity index (χ3n) is 10.3. The van der Waals surface area contributed by atoms with Crippen LogP contribution in [0.2, 0.25) is 0 Å². The maximum Gasteiger partial charge on any atom is 0.164 e. The monoisotopic (exact) mass is 679 g/mol. The fourth-order valence-corrected chi connectivity index (χ4v) is 7.68. The second-order valence-electron chi connectivity index (χ2n) is 13.5. The summed E-state index contributed by atoms with van der Waals surface area (Å²) in [6, 6.07) is 57.2. The van der Waals surface area contributed by atoms with E-state index < -0.39 is 0 Å². The van der Waals surface area contributed by atoms with E-state index in [0.717, 1.165) is 61.4 Å². The summed E-state index contributed by atoms with van der Waals surface area (Å²) < 4.78 is 6.73. The van der Waals surface area contributed by atoms with Crippen LogP contribution in [0.5, 0.6) is 5.75 Å². The fourth-order valence-electron chi connectivity index (χ4n) is 7.68. The van der Waals surface area contributed by atoms with Gasteiger partial charge in [0.15, 0.2) is 17.5 Å². The molecule has 0 spiro atoms. The van der Waals surface area contributed by atoms with Gasteiger partial charge in [0.2, 0.25) is 0 Å². The van der Waals surface area contributed by atoms with Gasteiger partial charge in [0, 0.05) is 33.7 Å². The molecule has 7 aromatic carbocycles. The summed E-state index contributed by atoms with van der Waals surface area (Å²) in [4.78, 5) is 15.6. The molecule has 0 saturated carbocycles. The number of aromatic nitrogens is 3. The van der Waals surface area contributed by atoms with E-state index in [4.69, 9.17) is 19.7 Å². The summed E-state index contributed by atoms with van der Waals surface area (Å²) >= 11 is 0. The summed E-state index contributed by atoms with van der Waals surface area (Å²) in [6.07, 6.45) is 8.45. The average Bonchev–Trinajstić information content (AvgIpc) is 3.64. The molecule has 1 aliphatic heterocycles. The highest BCUT2D eigenvalue weighted by Gasteiger charge is 2.37. The normalized spacial score (nSPS) is 15.5. The number of nitrogens with zero attached hydrogens (tertiary/aromatic N) is 3. The van der Waals surface area contributed by atoms with Crippen molar-refractivity contribution in [1.29, 1.82) is 0 Å². The van der Waals surface area contributed by atoms with Crippen molar-refractivity contribution >= 4 is 10.8 Å². The van der Waals surface area contributed by atoms with Gasteiger partial charge in [-0.2, -0.15) is 0 Å². The quantitative estimate of drug-likeness (QED) is 0.175. The first-order valence-electron chi connectivity index (χ1n) is 18.0. The summed E-state index contributed by atoms with van der Waals surface area (Å²) in [5.74, 6) is 2.79. The van der Waals surface area contributed by atoms with E-state index in [1.54, 1.807) is 0 Å². The molecule has 0 fully saturated rings. The highest BCUT2D eigenvalue weighted by molar-refractivity contribution is 5.93. The number of benzene rings is 7. The highest BCUT2D eigenvalue weighted by Crippen LogP contribution is 2.50. The van der Waals surface area contributed by atoms with E-state index in [-0.39, 0.29) is 12.0 Å². The molecule has 1 aliphatic carbocycles. The Kier molecular flexibility index (Phi) is 7.58. The molecule has 0 saturated heterocycles. The number of ether oxygens (including phenoxy) is 1. The third-order valence-corrected chi connectivity index (χ3v) is 10.3. The van der Waals surface area contributed by atoms with Crippen LogP contribution in [0.1, 0.15) is 11.5 Å². The topological polar surface area (TPSA) is 47.9 Å². The third kappa shape index (κ3) is 5.62. The summed E-state index contributed by atoms with van der Waals surface area (Å²) in [6.45, 7) is 0. The molecule has 8 aromatic rings. The molecule has 0 radical (unpaired) electrons. The van der Waals surface area contributed by atoms with E-state index in [9.17, 15) is 0 Å². The molecule has 0 N–H and O–H groups in total. The maximum atomic E-state index is 6.73. The van der Waals surface area contributed by atoms with Crippen LogP contribution in [0, 0.1) is 0 Å². The molecule has 2 heterocycles. The predicted octanol–water partition coefficient (Wildman–Crippen LogP) is 12.0. The zero-order chi connectivity index (χ0) is 35.1. The second kappa shape index (κ2) is 13.0. The number of allylic oxidation sites excluding steroid dienone is 2. The Hall–Kier alpha value is -6.91. The van der Waals surface area contributed by atoms with Crippen molar-refractivity contribution in [2.75, 3.05) is 0 Å². The Morgan fingerprint density at radius 2 is 0.943 bits per heavy atom. The van der Waals surface area contributed by atoms with Crippen molar-refractivity contribution in [2.45, 2.75) is 12.0 Å². The van der Waals surface area contributed by atoms with Gasteiger partial charge in [-0.1, -0.05) is 158 Å². The van der Waals surface area contributed by atoms with Crippen LogP contribution in [0.3, 0.4) is 0 Å². The Morgan fingerprint density at radius 1 is 0.377 bits per heavy atom. The standard InChI is InChI=1S/C49H33N3O/c1-4-15-33(16-5-1)39-27-26-38(31-43(39)37-25-24-32-14-10-11-21-36(32)30-37)48-50-47(35-19-8-3-9-20-35)51-49(52-48)42-29-28-40(34-17-6-2-7-18-34)46-45(42)41-22-12-13-23-44(41)53-46/h1-31,41,44H. The Bertz CT molecular complexity index is 2700. The molecular formula is C49H33N3O. The zero-order valence-corrected chi connectivity index (χ0v) is 28.8. The van der Waals surface area contributed by atoms with Crippen molar-refractivity contribution in [3.63, 3.8) is 0 Å². The van der Waals surface area contributed by atoms with Gasteiger partial charge < -0.3 is 4.74 Å². The minimum absolute atomic E-state index is 0.0405. The first kappa shape index (κ1) is 30.9. The lowest BCUT2D eigenvalue weighted by Gasteiger charge is -2.17. The summed E-state index contributed by atoms with van der Waals surface area (Å²) in [5.41, 5.74) is 10.6. The van der Waals surface area contributed by atoms with Gasteiger partial charge >= 0.3 is 0 Å². The molecule has 4 nitrogen and oxygen atoms in total. The van der Waals surface area contributed by atoms with Crippen LogP contribution in [-0.2, 0) is 0 Å². The van der Waals surface area contributed by atoms with Crippen LogP contribution in [0.25, 0.3) is 78.3 Å². The molecule has 250 valence electrons. The minimum atomic E-state index is -0.0939. The predicted molar refractivity (Wildman–Crippen MR) is 215 cm³/mol. The largest absolute Gasteiger partial charge is 0.484 e. The molecule has 2 aliphatic rings. The lowest BCUT2D eigenvalue weighted by Crippen LogP contribution is -2.16. The van der Waals surface area contributed by atoms with Crippen molar-refractivity contribution in [3.8, 4) is 73.3 Å². The first-order valence-corrected chi connectivity index (χ1v) is 18.0. The van der Waals surface area contributed by atoms with Crippen LogP contribution >= 0.6 is 0 Å². The van der Waals surface area contributed by atoms with Crippen molar-refractivity contribution < 1.29 is 4.74 Å². The van der Waals surface area contributed by atoms with Crippen LogP contribution in [-0.4, -0.2) is 21.1 Å². The van der Waals surface area contributed by atoms with Gasteiger partial charge in [0.25, 0.3) is 0 Å². The van der Waals surface area contributed by atoms with E-state index in [1.165, 1.54) is 10.8 Å². The van der Waals surface area contributed by atoms with Gasteiger partial charge in [-0.25, -0.2) is 15.0 Å². The molecule has 0 bridgehead atoms. The van der Waals surface area contributed by atoms with Gasteiger partial charge in [0.05, 0.1) is 0 Å². The Balaban J connectivity index is 1.19. The van der Waals surface area contributed by atoms with Gasteiger partial charge in [0.1, 0.15) is 11.9 Å². The molecule has 0 amide bonds. The number of hydrogen-bond acceptors (Lipinski definition) is 4. The molecular weight excluding hydrogens is 647 g/mol. The van der Waals surface area contributed by atoms with Gasteiger partial charge in [-0.15, -0.1) is 0 Å². The second-order valence-corrected chi connectivity index (χ2v) is 13.5. The molecule has 1 aromatic heterocycles. The summed E-state index contributed by atoms with van der Waals surface area (Å²) in [7, 11) is 0. The van der Waals surface area contributed by atoms with Crippen LogP contribution in [0.4, 0.5) is 0 Å². The van der Waals surface area contributed by atoms with E-state index in [2.05, 4.69) is 164 Å². The lowest BCUT2D eigenvalue weighted by molar-refractivity contribution is 0.270. The first-order chi connectivity index (χ1) is 26.3. The minimum Gasteiger partial charge on any atom is -0.484 e. The Labute approximate surface area is 308 Å².